The molecule has 2 aliphatic rings. The summed E-state index contributed by atoms with van der Waals surface area (Å²) in [5, 5.41) is 7.34. The lowest BCUT2D eigenvalue weighted by Gasteiger charge is -2.22. The smallest absolute Gasteiger partial charge is 0.293 e. The summed E-state index contributed by atoms with van der Waals surface area (Å²) in [5.74, 6) is -7.62. The van der Waals surface area contributed by atoms with Gasteiger partial charge < -0.3 is 5.32 Å². The Bertz CT molecular complexity index is 1950. The van der Waals surface area contributed by atoms with Gasteiger partial charge in [-0.2, -0.15) is 13.9 Å². The van der Waals surface area contributed by atoms with Crippen molar-refractivity contribution in [1.82, 2.24) is 25.1 Å². The molecule has 0 bridgehead atoms. The lowest BCUT2D eigenvalue weighted by atomic mass is 9.94. The first-order chi connectivity index (χ1) is 21.5. The van der Waals surface area contributed by atoms with E-state index in [0.717, 1.165) is 40.4 Å². The first-order valence-corrected chi connectivity index (χ1v) is 14.3. The van der Waals surface area contributed by atoms with E-state index in [1.54, 1.807) is 12.1 Å². The number of carbonyl (C=O) groups excluding carboxylic acids is 1. The van der Waals surface area contributed by atoms with Crippen molar-refractivity contribution in [3.63, 3.8) is 0 Å². The van der Waals surface area contributed by atoms with Crippen molar-refractivity contribution in [2.75, 3.05) is 0 Å². The Morgan fingerprint density at radius 3 is 2.58 bits per heavy atom. The molecule has 2 aliphatic carbocycles. The van der Waals surface area contributed by atoms with E-state index >= 15 is 8.78 Å². The van der Waals surface area contributed by atoms with Crippen molar-refractivity contribution < 1.29 is 31.1 Å². The maximum absolute atomic E-state index is 15.1. The lowest BCUT2D eigenvalue weighted by Crippen LogP contribution is -2.35. The third-order valence-corrected chi connectivity index (χ3v) is 8.47. The van der Waals surface area contributed by atoms with Gasteiger partial charge in [0.1, 0.15) is 29.6 Å². The number of alkyl halides is 4. The van der Waals surface area contributed by atoms with Crippen LogP contribution in [0.25, 0.3) is 22.0 Å². The Morgan fingerprint density at radius 2 is 1.82 bits per heavy atom. The Kier molecular flexibility index (Phi) is 6.90. The first-order valence-electron chi connectivity index (χ1n) is 14.3. The van der Waals surface area contributed by atoms with Gasteiger partial charge in [0.2, 0.25) is 5.91 Å². The van der Waals surface area contributed by atoms with Gasteiger partial charge in [-0.15, -0.1) is 0 Å². The van der Waals surface area contributed by atoms with Crippen LogP contribution in [0, 0.1) is 24.5 Å². The molecule has 1 N–H and O–H groups in total. The fourth-order valence-corrected chi connectivity index (χ4v) is 6.47. The third-order valence-electron chi connectivity index (χ3n) is 8.47. The zero-order chi connectivity index (χ0) is 31.6. The van der Waals surface area contributed by atoms with E-state index in [1.807, 2.05) is 37.3 Å². The van der Waals surface area contributed by atoms with Gasteiger partial charge in [0.15, 0.2) is 0 Å². The number of nitrogens with zero attached hydrogens (tertiary/aromatic N) is 4. The molecule has 3 aromatic heterocycles. The minimum absolute atomic E-state index is 0.0940. The van der Waals surface area contributed by atoms with E-state index < -0.39 is 65.7 Å². The standard InChI is InChI=1S/C33H25F6N5O/c1-16-4-5-19-12-18(6-7-25(19)41-16)22-3-2-8-40-29(22)26(11-17-9-20(34)13-21(35)10-17)42-27(45)15-44-31-28(30(43-44)32(36)37)23-14-24(23)33(31,38)39/h2-10,12-13,23-24,26,32H,11,14-15H2,1H3,(H,42,45). The molecule has 3 unspecified atom stereocenters. The number of benzene rings is 2. The third kappa shape index (κ3) is 5.21. The van der Waals surface area contributed by atoms with Crippen LogP contribution in [0.1, 0.15) is 58.7 Å². The highest BCUT2D eigenvalue weighted by molar-refractivity contribution is 5.85. The van der Waals surface area contributed by atoms with Crippen LogP contribution in [-0.2, 0) is 23.7 Å². The Hall–Kier alpha value is -4.74. The molecule has 1 saturated carbocycles. The number of rotatable bonds is 8. The molecule has 0 saturated heterocycles. The molecule has 0 radical (unpaired) electrons. The van der Waals surface area contributed by atoms with Crippen LogP contribution < -0.4 is 5.32 Å². The summed E-state index contributed by atoms with van der Waals surface area (Å²) in [4.78, 5) is 22.5. The average molecular weight is 622 g/mol. The van der Waals surface area contributed by atoms with E-state index in [1.165, 1.54) is 6.20 Å². The van der Waals surface area contributed by atoms with Crippen LogP contribution in [0.15, 0.2) is 66.9 Å². The zero-order valence-corrected chi connectivity index (χ0v) is 23.7. The number of fused-ring (bicyclic) bond motifs is 4. The molecule has 0 spiro atoms. The summed E-state index contributed by atoms with van der Waals surface area (Å²) in [5.41, 5.74) is 1.94. The molecule has 3 atom stereocenters. The second-order valence-corrected chi connectivity index (χ2v) is 11.6. The predicted octanol–water partition coefficient (Wildman–Crippen LogP) is 7.33. The Labute approximate surface area is 253 Å². The second-order valence-electron chi connectivity index (χ2n) is 11.6. The van der Waals surface area contributed by atoms with Crippen molar-refractivity contribution in [1.29, 1.82) is 0 Å². The van der Waals surface area contributed by atoms with Crippen molar-refractivity contribution in [3.05, 3.63) is 112 Å². The Balaban J connectivity index is 1.25. The molecule has 3 heterocycles. The SMILES string of the molecule is Cc1ccc2cc(-c3cccnc3C(Cc3cc(F)cc(F)c3)NC(=O)Cn3nc(C(F)F)c4c3C(F)(F)C3CC43)ccc2n1. The summed E-state index contributed by atoms with van der Waals surface area (Å²) < 4.78 is 86.8. The summed E-state index contributed by atoms with van der Waals surface area (Å²) in [6, 6.07) is 14.8. The number of amides is 1. The lowest BCUT2D eigenvalue weighted by molar-refractivity contribution is -0.123. The molecule has 1 amide bonds. The van der Waals surface area contributed by atoms with Crippen molar-refractivity contribution >= 4 is 16.8 Å². The molecule has 230 valence electrons. The molecule has 5 aromatic rings. The predicted molar refractivity (Wildman–Crippen MR) is 153 cm³/mol. The molecular weight excluding hydrogens is 596 g/mol. The van der Waals surface area contributed by atoms with Gasteiger partial charge in [-0.25, -0.2) is 17.6 Å². The highest BCUT2D eigenvalue weighted by Crippen LogP contribution is 2.68. The minimum atomic E-state index is -3.39. The topological polar surface area (TPSA) is 72.7 Å². The maximum Gasteiger partial charge on any atom is 0.293 e. The molecular formula is C33H25F6N5O. The number of carbonyl (C=O) groups is 1. The first kappa shape index (κ1) is 29.0. The fraction of sp³-hybridized carbons (Fsp3) is 0.273. The number of pyridine rings is 2. The number of hydrogen-bond acceptors (Lipinski definition) is 4. The van der Waals surface area contributed by atoms with Gasteiger partial charge in [-0.3, -0.25) is 19.4 Å². The largest absolute Gasteiger partial charge is 0.346 e. The van der Waals surface area contributed by atoms with Gasteiger partial charge in [0.25, 0.3) is 12.3 Å². The highest BCUT2D eigenvalue weighted by Gasteiger charge is 2.67. The fourth-order valence-electron chi connectivity index (χ4n) is 6.47. The quantitative estimate of drug-likeness (QED) is 0.184. The normalized spacial score (nSPS) is 18.6. The van der Waals surface area contributed by atoms with Gasteiger partial charge in [-0.1, -0.05) is 18.2 Å². The van der Waals surface area contributed by atoms with Crippen LogP contribution in [0.4, 0.5) is 26.3 Å². The second kappa shape index (κ2) is 10.7. The molecule has 0 aliphatic heterocycles. The minimum Gasteiger partial charge on any atom is -0.346 e. The number of aryl methyl sites for hydroxylation is 1. The molecule has 7 rings (SSSR count). The summed E-state index contributed by atoms with van der Waals surface area (Å²) in [7, 11) is 0. The molecule has 12 heteroatoms. The van der Waals surface area contributed by atoms with Crippen LogP contribution in [0.5, 0.6) is 0 Å². The van der Waals surface area contributed by atoms with Gasteiger partial charge in [0.05, 0.1) is 17.3 Å². The van der Waals surface area contributed by atoms with E-state index in [-0.39, 0.29) is 24.0 Å². The molecule has 1 fully saturated rings. The van der Waals surface area contributed by atoms with Gasteiger partial charge in [-0.05, 0) is 73.2 Å². The van der Waals surface area contributed by atoms with Crippen molar-refractivity contribution in [3.8, 4) is 11.1 Å². The summed E-state index contributed by atoms with van der Waals surface area (Å²) >= 11 is 0. The number of aromatic nitrogens is 4. The van der Waals surface area contributed by atoms with E-state index in [2.05, 4.69) is 20.4 Å². The van der Waals surface area contributed by atoms with E-state index in [9.17, 15) is 22.4 Å². The van der Waals surface area contributed by atoms with Crippen LogP contribution >= 0.6 is 0 Å². The van der Waals surface area contributed by atoms with E-state index in [0.29, 0.717) is 15.9 Å². The molecule has 2 aromatic carbocycles. The highest BCUT2D eigenvalue weighted by atomic mass is 19.3. The van der Waals surface area contributed by atoms with Gasteiger partial charge in [0, 0.05) is 40.4 Å². The Morgan fingerprint density at radius 1 is 1.04 bits per heavy atom. The van der Waals surface area contributed by atoms with Crippen LogP contribution in [0.2, 0.25) is 0 Å². The van der Waals surface area contributed by atoms with Crippen LogP contribution in [0.3, 0.4) is 0 Å². The maximum atomic E-state index is 15.1. The van der Waals surface area contributed by atoms with Crippen molar-refractivity contribution in [2.45, 2.75) is 50.6 Å². The average Bonchev–Trinajstić information content (AvgIpc) is 3.64. The number of halogens is 6. The van der Waals surface area contributed by atoms with E-state index in [4.69, 9.17) is 0 Å². The monoisotopic (exact) mass is 621 g/mol. The number of hydrogen-bond donors (Lipinski definition) is 1. The molecule has 6 nitrogen and oxygen atoms in total. The zero-order valence-electron chi connectivity index (χ0n) is 23.7. The van der Waals surface area contributed by atoms with Gasteiger partial charge >= 0.3 is 0 Å². The summed E-state index contributed by atoms with van der Waals surface area (Å²) in [6.45, 7) is 1.12. The van der Waals surface area contributed by atoms with Crippen LogP contribution in [-0.4, -0.2) is 25.7 Å². The van der Waals surface area contributed by atoms with Crippen molar-refractivity contribution in [2.24, 2.45) is 5.92 Å². The molecule has 45 heavy (non-hydrogen) atoms. The summed E-state index contributed by atoms with van der Waals surface area (Å²) in [6.07, 6.45) is -1.60. The number of nitrogens with one attached hydrogen (secondary N) is 1.